The summed E-state index contributed by atoms with van der Waals surface area (Å²) in [6.45, 7) is 0.369. The third kappa shape index (κ3) is 25.4. The SMILES string of the molecule is COc1ccc(/C=C/C(=O)N2CC(CCl)c3c2cc(NC(=O)OC2CCCC4(C2)OOC2(O4)C4CC5CC2CC(NC(=O)C2CCC(CN6C(=O)CC(SCN[C@@H](CS)C(=O)C(=O)[C@H](CC(=O)O)NN[C@@H](CC(=O)O)C(=O)N[C@@H](CCCNC(=N)N)C(=O)N[C@@H](CC(=O)O)C(=O)NC(=O)CCC(NC(=O)c7ccc(NCc8cnc9nc(N)[nH]c(=O)c9n8)cc7)C(=O)O)C6=O)CC2)(C5)C4)c2ccccc32)cc1. The van der Waals surface area contributed by atoms with Crippen molar-refractivity contribution in [3.8, 4) is 5.75 Å². The van der Waals surface area contributed by atoms with Gasteiger partial charge in [-0.15, -0.1) is 23.4 Å². The quantitative estimate of drug-likeness (QED) is 0.00222. The van der Waals surface area contributed by atoms with Crippen LogP contribution in [0, 0.1) is 35.0 Å². The van der Waals surface area contributed by atoms with Gasteiger partial charge in [-0.05, 0) is 167 Å². The molecule has 0 radical (unpaired) electrons. The van der Waals surface area contributed by atoms with Crippen LogP contribution in [0.2, 0.25) is 0 Å². The molecule has 9 aliphatic rings. The number of carbonyl (C=O) groups excluding carboxylic acids is 12. The summed E-state index contributed by atoms with van der Waals surface area (Å²) in [6, 6.07) is 11.2. The number of benzene rings is 4. The van der Waals surface area contributed by atoms with E-state index in [4.69, 9.17) is 52.5 Å². The molecule has 6 aliphatic carbocycles. The fraction of sp³-hybridized carbons (Fsp3) is 0.495. The molecule has 8 fully saturated rings. The van der Waals surface area contributed by atoms with Crippen LogP contribution in [-0.2, 0) is 92.9 Å². The third-order valence-electron chi connectivity index (χ3n) is 27.0. The number of carboxylic acid groups (broad SMARTS) is 4. The van der Waals surface area contributed by atoms with E-state index >= 15 is 0 Å². The number of H-pyrrole nitrogens is 1. The number of halogens is 1. The van der Waals surface area contributed by atoms with Gasteiger partial charge in [0.25, 0.3) is 17.4 Å². The number of rotatable bonds is 45. The number of guanidine groups is 1. The molecule has 3 aliphatic heterocycles. The number of hydrogen-bond acceptors (Lipinski definition) is 33. The van der Waals surface area contributed by atoms with E-state index in [1.807, 2.05) is 53.8 Å². The standard InChI is InChI=1S/C93H111ClN20O26S2/c1-136-56-21-12-46(13-22-56)14-25-70(116)113-43-51(39-94)75-59-8-3-2-7-58(59)62(30-67(75)113)106-90(135)137-57-6-4-26-92(38-57)138-93(140-139-92)52-28-48-29-53(93)37-91(35-48,36-52)110-81(127)50-15-10-47(11-16-50)42-114-71(117)34-68(86(114)132)142-45-101-66(44-141)78(125)77(124)63(31-72(118)119)111-112-65(33-74(122)123)84(130)103-60(9-5-27-98-88(95)96)82(128)105-64(32-73(120)121)83(129)107-69(115)24-23-61(87(133)134)104-80(126)49-17-19-54(20-18-49)99-40-55-41-100-79-76(102-55)85(131)109-89(97)108-79/h2-3,7-8,12-14,17-22,25,30,41,47-48,50-53,57,60-61,63-66,68,99,101,111-112,141H,4-6,9-11,15-16,23-24,26-29,31-40,42-45H2,1H3,(H,103,130)(H,104,126)(H,105,128)(H,106,135)(H,110,127)(H,118,119)(H,120,121)(H,122,123)(H,133,134)(H4,95,96,98)(H,107,115,129)(H3,97,100,108,109,131)/b25-14+/t47?,48?,50?,51?,52?,53?,57?,60-,61?,63-,64-,65-,66-,68?,91?,92?,93?/m0/s1. The van der Waals surface area contributed by atoms with Crippen LogP contribution < -0.4 is 85.4 Å². The summed E-state index contributed by atoms with van der Waals surface area (Å²) in [5.74, 6) is -19.9. The van der Waals surface area contributed by atoms with Gasteiger partial charge in [0.05, 0.1) is 73.5 Å². The molecular weight excluding hydrogens is 1910 g/mol. The Morgan fingerprint density at radius 1 is 0.768 bits per heavy atom. The number of aliphatic carboxylic acids is 4. The average Bonchev–Trinajstić information content (AvgIpc) is 1.62. The van der Waals surface area contributed by atoms with E-state index in [9.17, 15) is 102 Å². The van der Waals surface area contributed by atoms with Gasteiger partial charge in [0.15, 0.2) is 17.1 Å². The van der Waals surface area contributed by atoms with Crippen molar-refractivity contribution < 1.29 is 121 Å². The first kappa shape index (κ1) is 104. The summed E-state index contributed by atoms with van der Waals surface area (Å²) in [5.41, 5.74) is 17.9. The summed E-state index contributed by atoms with van der Waals surface area (Å²) < 4.78 is 18.6. The largest absolute Gasteiger partial charge is 0.497 e. The number of aromatic amines is 1. The molecule has 12 atom stereocenters. The number of carboxylic acids is 4. The fourth-order valence-electron chi connectivity index (χ4n) is 20.2. The van der Waals surface area contributed by atoms with Crippen LogP contribution in [0.25, 0.3) is 28.0 Å². The van der Waals surface area contributed by atoms with E-state index in [1.54, 1.807) is 24.2 Å². The van der Waals surface area contributed by atoms with Crippen molar-refractivity contribution in [2.75, 3.05) is 65.5 Å². The minimum absolute atomic E-state index is 0.0237. The highest BCUT2D eigenvalue weighted by atomic mass is 35.5. The molecule has 10 amide bonds. The number of nitrogens with two attached hydrogens (primary N) is 2. The predicted molar refractivity (Wildman–Crippen MR) is 512 cm³/mol. The zero-order chi connectivity index (χ0) is 102. The highest BCUT2D eigenvalue weighted by molar-refractivity contribution is 8.00. The normalized spacial score (nSPS) is 23.8. The van der Waals surface area contributed by atoms with Crippen molar-refractivity contribution in [2.24, 2.45) is 35.3 Å². The molecule has 7 unspecified atom stereocenters. The molecule has 758 valence electrons. The number of nitrogens with one attached hydrogen (secondary N) is 13. The van der Waals surface area contributed by atoms with Gasteiger partial charge in [-0.1, -0.05) is 36.4 Å². The molecule has 4 aromatic carbocycles. The van der Waals surface area contributed by atoms with E-state index in [0.717, 1.165) is 52.9 Å². The molecule has 2 aromatic heterocycles. The number of likely N-dealkylation sites (tertiary alicyclic amines) is 1. The average molecular weight is 2020 g/mol. The van der Waals surface area contributed by atoms with Crippen molar-refractivity contribution in [1.29, 1.82) is 5.41 Å². The molecule has 21 N–H and O–H groups in total. The zero-order valence-corrected chi connectivity index (χ0v) is 79.5. The Kier molecular flexibility index (Phi) is 33.9. The number of nitrogen functional groups attached to an aromatic ring is 1. The van der Waals surface area contributed by atoms with Gasteiger partial charge < -0.3 is 82.9 Å². The number of alkyl halides is 1. The number of nitrogens with zero attached hydrogens (tertiary/aromatic N) is 5. The Morgan fingerprint density at radius 3 is 2.13 bits per heavy atom. The summed E-state index contributed by atoms with van der Waals surface area (Å²) >= 11 is 11.8. The van der Waals surface area contributed by atoms with Crippen LogP contribution in [0.15, 0.2) is 95.9 Å². The molecular formula is C93H111ClN20O26S2. The van der Waals surface area contributed by atoms with E-state index < -0.39 is 198 Å². The number of aromatic nitrogens is 4. The lowest BCUT2D eigenvalue weighted by atomic mass is 9.50. The zero-order valence-electron chi connectivity index (χ0n) is 77.0. The van der Waals surface area contributed by atoms with Crippen LogP contribution in [0.3, 0.4) is 0 Å². The monoisotopic (exact) mass is 2020 g/mol. The number of ketones is 2. The minimum atomic E-state index is -2.11. The fourth-order valence-corrected chi connectivity index (χ4v) is 21.8. The number of Topliss-reactive ketones (excluding diaryl/α,β-unsaturated/α-hetero) is 2. The Bertz CT molecular complexity index is 5960. The highest BCUT2D eigenvalue weighted by Crippen LogP contribution is 2.65. The number of anilines is 4. The molecule has 49 heteroatoms. The van der Waals surface area contributed by atoms with E-state index in [1.165, 1.54) is 41.4 Å². The molecule has 15 rings (SSSR count). The lowest BCUT2D eigenvalue weighted by Gasteiger charge is -2.62. The van der Waals surface area contributed by atoms with Gasteiger partial charge in [0, 0.05) is 115 Å². The first-order valence-electron chi connectivity index (χ1n) is 46.5. The summed E-state index contributed by atoms with van der Waals surface area (Å²) in [6.07, 6.45) is 5.17. The number of hydrogen-bond donors (Lipinski definition) is 20. The smallest absolute Gasteiger partial charge is 0.411 e. The van der Waals surface area contributed by atoms with Gasteiger partial charge >= 0.3 is 30.0 Å². The van der Waals surface area contributed by atoms with Crippen LogP contribution in [0.4, 0.5) is 27.8 Å². The number of hydrazine groups is 1. The Morgan fingerprint density at radius 2 is 1.44 bits per heavy atom. The summed E-state index contributed by atoms with van der Waals surface area (Å²) in [4.78, 5) is 258. The van der Waals surface area contributed by atoms with Gasteiger partial charge in [0.2, 0.25) is 70.4 Å². The first-order chi connectivity index (χ1) is 67.9. The predicted octanol–water partition coefficient (Wildman–Crippen LogP) is 3.45. The highest BCUT2D eigenvalue weighted by Gasteiger charge is 2.71. The van der Waals surface area contributed by atoms with E-state index in [2.05, 4.69) is 86.0 Å². The van der Waals surface area contributed by atoms with Crippen molar-refractivity contribution in [1.82, 2.24) is 72.9 Å². The van der Waals surface area contributed by atoms with Crippen LogP contribution in [-0.4, -0.2) is 255 Å². The van der Waals surface area contributed by atoms with Crippen LogP contribution in [0.1, 0.15) is 168 Å². The van der Waals surface area contributed by atoms with Crippen molar-refractivity contribution in [3.05, 3.63) is 124 Å². The Balaban J connectivity index is 0.514. The number of amides is 10. The molecule has 2 spiro atoms. The maximum absolute atomic E-state index is 14.5. The van der Waals surface area contributed by atoms with Gasteiger partial charge in [-0.25, -0.2) is 30.4 Å². The molecule has 2 saturated heterocycles. The Labute approximate surface area is 825 Å². The first-order valence-corrected chi connectivity index (χ1v) is 48.7. The van der Waals surface area contributed by atoms with Gasteiger partial charge in [-0.2, -0.15) is 27.4 Å². The molecule has 5 heterocycles. The minimum Gasteiger partial charge on any atom is -0.497 e. The van der Waals surface area contributed by atoms with Crippen molar-refractivity contribution >= 4 is 188 Å². The van der Waals surface area contributed by atoms with Crippen LogP contribution >= 0.6 is 36.0 Å². The second-order valence-corrected chi connectivity index (χ2v) is 38.7. The number of thiol groups is 1. The number of thioether (sulfide) groups is 1. The number of fused-ring (bicyclic) bond motifs is 4. The molecule has 4 bridgehead atoms. The summed E-state index contributed by atoms with van der Waals surface area (Å²) in [5, 5.41) is 71.2. The topological polar surface area (TPSA) is 686 Å². The van der Waals surface area contributed by atoms with Crippen molar-refractivity contribution in [3.63, 3.8) is 0 Å². The van der Waals surface area contributed by atoms with Crippen molar-refractivity contribution in [2.45, 2.75) is 212 Å². The van der Waals surface area contributed by atoms with Gasteiger partial charge in [-0.3, -0.25) is 103 Å². The number of methoxy groups -OCH3 is 1. The molecule has 6 saturated carbocycles. The lowest BCUT2D eigenvalue weighted by molar-refractivity contribution is -0.392. The number of carbonyl (C=O) groups is 16. The van der Waals surface area contributed by atoms with Gasteiger partial charge in [0.1, 0.15) is 36.0 Å². The van der Waals surface area contributed by atoms with Crippen LogP contribution in [0.5, 0.6) is 5.75 Å². The number of ether oxygens (including phenoxy) is 3. The maximum Gasteiger partial charge on any atom is 0.411 e. The number of imide groups is 2. The van der Waals surface area contributed by atoms with E-state index in [-0.39, 0.29) is 120 Å². The lowest BCUT2D eigenvalue weighted by Crippen LogP contribution is -2.69. The second kappa shape index (κ2) is 46.1. The molecule has 6 aromatic rings. The molecule has 142 heavy (non-hydrogen) atoms. The van der Waals surface area contributed by atoms with E-state index in [0.29, 0.717) is 98.8 Å². The second-order valence-electron chi connectivity index (χ2n) is 36.8. The third-order valence-corrected chi connectivity index (χ3v) is 28.8. The summed E-state index contributed by atoms with van der Waals surface area (Å²) in [7, 11) is 1.58. The maximum atomic E-state index is 14.5. The molecule has 46 nitrogen and oxygen atoms in total. The Hall–Kier alpha value is -13.4.